The van der Waals surface area contributed by atoms with Crippen LogP contribution in [0.5, 0.6) is 0 Å². The highest BCUT2D eigenvalue weighted by Gasteiger charge is 2.12. The highest BCUT2D eigenvalue weighted by atomic mass is 15.3. The minimum absolute atomic E-state index is 0.251. The van der Waals surface area contributed by atoms with E-state index >= 15 is 0 Å². The molecule has 1 aromatic carbocycles. The number of aromatic amines is 1. The second-order valence-corrected chi connectivity index (χ2v) is 6.14. The SMILES string of the molecule is CC(CNCc1ccccc1)n1cc(-c2ncnc3[nH]ccc23)cn1. The molecular weight excluding hydrogens is 312 g/mol. The Kier molecular flexibility index (Phi) is 4.26. The van der Waals surface area contributed by atoms with Crippen LogP contribution >= 0.6 is 0 Å². The van der Waals surface area contributed by atoms with E-state index in [0.717, 1.165) is 35.4 Å². The van der Waals surface area contributed by atoms with Gasteiger partial charge in [0.25, 0.3) is 0 Å². The van der Waals surface area contributed by atoms with Crippen molar-refractivity contribution in [2.45, 2.75) is 19.5 Å². The van der Waals surface area contributed by atoms with Gasteiger partial charge < -0.3 is 10.3 Å². The van der Waals surface area contributed by atoms with E-state index in [1.54, 1.807) is 6.33 Å². The second kappa shape index (κ2) is 6.86. The molecule has 1 atom stereocenters. The number of hydrogen-bond donors (Lipinski definition) is 2. The van der Waals surface area contributed by atoms with E-state index < -0.39 is 0 Å². The maximum atomic E-state index is 4.52. The molecule has 0 saturated carbocycles. The summed E-state index contributed by atoms with van der Waals surface area (Å²) in [5.74, 6) is 0. The Morgan fingerprint density at radius 1 is 1.16 bits per heavy atom. The standard InChI is InChI=1S/C19H20N6/c1-14(9-20-10-15-5-3-2-4-6-15)25-12-16(11-24-25)18-17-7-8-21-19(17)23-13-22-18/h2-8,11-14,20H,9-10H2,1H3,(H,21,22,23). The molecule has 6 heteroatoms. The normalized spacial score (nSPS) is 12.5. The quantitative estimate of drug-likeness (QED) is 0.569. The Labute approximate surface area is 145 Å². The Hall–Kier alpha value is -2.99. The Balaban J connectivity index is 1.44. The van der Waals surface area contributed by atoms with Crippen molar-refractivity contribution < 1.29 is 0 Å². The summed E-state index contributed by atoms with van der Waals surface area (Å²) in [6, 6.07) is 12.6. The van der Waals surface area contributed by atoms with Crippen LogP contribution in [0.4, 0.5) is 0 Å². The van der Waals surface area contributed by atoms with Gasteiger partial charge in [0.15, 0.2) is 0 Å². The van der Waals surface area contributed by atoms with Crippen molar-refractivity contribution in [3.8, 4) is 11.3 Å². The lowest BCUT2D eigenvalue weighted by Crippen LogP contribution is -2.23. The zero-order valence-corrected chi connectivity index (χ0v) is 14.1. The summed E-state index contributed by atoms with van der Waals surface area (Å²) in [4.78, 5) is 11.8. The lowest BCUT2D eigenvalue weighted by molar-refractivity contribution is 0.453. The Morgan fingerprint density at radius 2 is 2.04 bits per heavy atom. The molecule has 0 aliphatic carbocycles. The van der Waals surface area contributed by atoms with E-state index in [9.17, 15) is 0 Å². The lowest BCUT2D eigenvalue weighted by Gasteiger charge is -2.13. The molecule has 1 unspecified atom stereocenters. The van der Waals surface area contributed by atoms with Crippen LogP contribution in [-0.4, -0.2) is 31.3 Å². The number of H-pyrrole nitrogens is 1. The first-order chi connectivity index (χ1) is 12.3. The minimum Gasteiger partial charge on any atom is -0.346 e. The molecule has 0 saturated heterocycles. The number of fused-ring (bicyclic) bond motifs is 1. The summed E-state index contributed by atoms with van der Waals surface area (Å²) in [5, 5.41) is 9.01. The molecule has 3 heterocycles. The van der Waals surface area contributed by atoms with Crippen LogP contribution in [0, 0.1) is 0 Å². The van der Waals surface area contributed by atoms with Gasteiger partial charge in [0.2, 0.25) is 0 Å². The zero-order valence-electron chi connectivity index (χ0n) is 14.1. The number of aromatic nitrogens is 5. The van der Waals surface area contributed by atoms with E-state index in [1.807, 2.05) is 35.4 Å². The smallest absolute Gasteiger partial charge is 0.141 e. The molecule has 25 heavy (non-hydrogen) atoms. The van der Waals surface area contributed by atoms with Gasteiger partial charge in [-0.15, -0.1) is 0 Å². The summed E-state index contributed by atoms with van der Waals surface area (Å²) >= 11 is 0. The second-order valence-electron chi connectivity index (χ2n) is 6.14. The molecular formula is C19H20N6. The van der Waals surface area contributed by atoms with Crippen molar-refractivity contribution >= 4 is 11.0 Å². The fourth-order valence-corrected chi connectivity index (χ4v) is 2.92. The van der Waals surface area contributed by atoms with Crippen LogP contribution in [0.3, 0.4) is 0 Å². The molecule has 0 aliphatic heterocycles. The fourth-order valence-electron chi connectivity index (χ4n) is 2.92. The van der Waals surface area contributed by atoms with Crippen LogP contribution in [0.25, 0.3) is 22.3 Å². The van der Waals surface area contributed by atoms with E-state index in [-0.39, 0.29) is 6.04 Å². The molecule has 6 nitrogen and oxygen atoms in total. The largest absolute Gasteiger partial charge is 0.346 e. The van der Waals surface area contributed by atoms with Gasteiger partial charge in [0.05, 0.1) is 17.9 Å². The number of hydrogen-bond acceptors (Lipinski definition) is 4. The molecule has 0 fully saturated rings. The molecule has 0 radical (unpaired) electrons. The Bertz CT molecular complexity index is 956. The maximum Gasteiger partial charge on any atom is 0.141 e. The molecule has 0 aliphatic rings. The molecule has 0 spiro atoms. The van der Waals surface area contributed by atoms with Gasteiger partial charge in [-0.05, 0) is 18.6 Å². The van der Waals surface area contributed by atoms with E-state index in [4.69, 9.17) is 0 Å². The van der Waals surface area contributed by atoms with Crippen molar-refractivity contribution in [2.24, 2.45) is 0 Å². The summed E-state index contributed by atoms with van der Waals surface area (Å²) in [6.07, 6.45) is 7.37. The summed E-state index contributed by atoms with van der Waals surface area (Å²) in [7, 11) is 0. The molecule has 2 N–H and O–H groups in total. The summed E-state index contributed by atoms with van der Waals surface area (Å²) in [5.41, 5.74) is 4.03. The summed E-state index contributed by atoms with van der Waals surface area (Å²) in [6.45, 7) is 3.86. The predicted molar refractivity (Wildman–Crippen MR) is 98.0 cm³/mol. The number of nitrogens with zero attached hydrogens (tertiary/aromatic N) is 4. The van der Waals surface area contributed by atoms with Crippen LogP contribution in [0.1, 0.15) is 18.5 Å². The Morgan fingerprint density at radius 3 is 2.92 bits per heavy atom. The van der Waals surface area contributed by atoms with Crippen molar-refractivity contribution in [1.29, 1.82) is 0 Å². The highest BCUT2D eigenvalue weighted by Crippen LogP contribution is 2.24. The third-order valence-electron chi connectivity index (χ3n) is 4.29. The van der Waals surface area contributed by atoms with Crippen molar-refractivity contribution in [2.75, 3.05) is 6.54 Å². The van der Waals surface area contributed by atoms with Gasteiger partial charge in [-0.3, -0.25) is 4.68 Å². The first-order valence-corrected chi connectivity index (χ1v) is 8.38. The summed E-state index contributed by atoms with van der Waals surface area (Å²) < 4.78 is 1.98. The average Bonchev–Trinajstić information content (AvgIpc) is 3.32. The van der Waals surface area contributed by atoms with Gasteiger partial charge in [0.1, 0.15) is 12.0 Å². The molecule has 3 aromatic heterocycles. The average molecular weight is 332 g/mol. The van der Waals surface area contributed by atoms with Gasteiger partial charge in [-0.1, -0.05) is 30.3 Å². The third kappa shape index (κ3) is 3.29. The maximum absolute atomic E-state index is 4.52. The topological polar surface area (TPSA) is 71.4 Å². The van der Waals surface area contributed by atoms with Crippen LogP contribution in [0.2, 0.25) is 0 Å². The van der Waals surface area contributed by atoms with Crippen molar-refractivity contribution in [3.63, 3.8) is 0 Å². The predicted octanol–water partition coefficient (Wildman–Crippen LogP) is 3.17. The number of benzene rings is 1. The van der Waals surface area contributed by atoms with Crippen molar-refractivity contribution in [3.05, 3.63) is 66.9 Å². The van der Waals surface area contributed by atoms with E-state index in [0.29, 0.717) is 0 Å². The number of rotatable bonds is 6. The zero-order chi connectivity index (χ0) is 17.1. The van der Waals surface area contributed by atoms with E-state index in [1.165, 1.54) is 5.56 Å². The van der Waals surface area contributed by atoms with Gasteiger partial charge >= 0.3 is 0 Å². The molecule has 4 aromatic rings. The minimum atomic E-state index is 0.251. The first-order valence-electron chi connectivity index (χ1n) is 8.38. The number of nitrogens with one attached hydrogen (secondary N) is 2. The van der Waals surface area contributed by atoms with Crippen molar-refractivity contribution in [1.82, 2.24) is 30.0 Å². The van der Waals surface area contributed by atoms with Gasteiger partial charge in [0, 0.05) is 36.4 Å². The van der Waals surface area contributed by atoms with Crippen LogP contribution in [-0.2, 0) is 6.54 Å². The monoisotopic (exact) mass is 332 g/mol. The molecule has 0 amide bonds. The van der Waals surface area contributed by atoms with Gasteiger partial charge in [-0.2, -0.15) is 5.10 Å². The van der Waals surface area contributed by atoms with E-state index in [2.05, 4.69) is 56.6 Å². The lowest BCUT2D eigenvalue weighted by atomic mass is 10.2. The van der Waals surface area contributed by atoms with Gasteiger partial charge in [-0.25, -0.2) is 9.97 Å². The molecule has 0 bridgehead atoms. The van der Waals surface area contributed by atoms with Crippen LogP contribution < -0.4 is 5.32 Å². The third-order valence-corrected chi connectivity index (χ3v) is 4.29. The molecule has 126 valence electrons. The molecule has 4 rings (SSSR count). The first kappa shape index (κ1) is 15.5. The fraction of sp³-hybridized carbons (Fsp3) is 0.211. The van der Waals surface area contributed by atoms with Crippen LogP contribution in [0.15, 0.2) is 61.3 Å². The highest BCUT2D eigenvalue weighted by molar-refractivity contribution is 5.89.